The minimum Gasteiger partial charge on any atom is -0.385 e. The Morgan fingerprint density at radius 2 is 2.00 bits per heavy atom. The van der Waals surface area contributed by atoms with Gasteiger partial charge < -0.3 is 25.4 Å². The van der Waals surface area contributed by atoms with E-state index in [2.05, 4.69) is 10.6 Å². The molecule has 36 heavy (non-hydrogen) atoms. The van der Waals surface area contributed by atoms with Gasteiger partial charge in [0.05, 0.1) is 5.60 Å². The number of ether oxygens (including phenoxy) is 1. The second-order valence-electron chi connectivity index (χ2n) is 11.0. The average molecular weight is 506 g/mol. The summed E-state index contributed by atoms with van der Waals surface area (Å²) in [5, 5.41) is 18.7. The number of benzene rings is 1. The zero-order chi connectivity index (χ0) is 26.0. The molecule has 204 valence electrons. The Morgan fingerprint density at radius 3 is 2.72 bits per heavy atom. The first kappa shape index (κ1) is 28.9. The molecule has 3 N–H and O–H groups in total. The van der Waals surface area contributed by atoms with E-state index in [1.54, 1.807) is 20.1 Å². The van der Waals surface area contributed by atoms with Crippen LogP contribution in [0.3, 0.4) is 0 Å². The number of likely N-dealkylation sites (tertiary alicyclic amines) is 1. The number of methoxy groups -OCH3 is 1. The van der Waals surface area contributed by atoms with Crippen molar-refractivity contribution in [1.82, 2.24) is 15.5 Å². The van der Waals surface area contributed by atoms with Crippen LogP contribution in [0.4, 0.5) is 9.18 Å². The number of hydrogen-bond acceptors (Lipinski definition) is 4. The Kier molecular flexibility index (Phi) is 11.5. The van der Waals surface area contributed by atoms with E-state index in [9.17, 15) is 14.3 Å². The SMILES string of the molecule is CNCC(CC1CCCCC1)NC(=O)N1CCC[C@@H]([C@@](O)(CCCCOC)c2cccc(F)c2C)C1. The van der Waals surface area contributed by atoms with Gasteiger partial charge in [0.15, 0.2) is 0 Å². The van der Waals surface area contributed by atoms with Gasteiger partial charge in [-0.25, -0.2) is 9.18 Å². The molecule has 1 aromatic rings. The smallest absolute Gasteiger partial charge is 0.317 e. The molecule has 1 saturated carbocycles. The Balaban J connectivity index is 1.72. The summed E-state index contributed by atoms with van der Waals surface area (Å²) in [6.07, 6.45) is 11.2. The topological polar surface area (TPSA) is 73.8 Å². The number of hydrogen-bond donors (Lipinski definition) is 3. The highest BCUT2D eigenvalue weighted by molar-refractivity contribution is 5.74. The van der Waals surface area contributed by atoms with Crippen molar-refractivity contribution in [1.29, 1.82) is 0 Å². The molecule has 1 heterocycles. The fourth-order valence-electron chi connectivity index (χ4n) is 6.36. The number of unbranched alkanes of at least 4 members (excludes halogenated alkanes) is 1. The molecule has 1 aliphatic heterocycles. The molecule has 6 nitrogen and oxygen atoms in total. The monoisotopic (exact) mass is 505 g/mol. The Bertz CT molecular complexity index is 817. The first-order valence-corrected chi connectivity index (χ1v) is 14.1. The summed E-state index contributed by atoms with van der Waals surface area (Å²) in [6.45, 7) is 4.28. The molecule has 1 aromatic carbocycles. The molecule has 2 fully saturated rings. The molecule has 3 rings (SSSR count). The van der Waals surface area contributed by atoms with E-state index in [4.69, 9.17) is 4.74 Å². The lowest BCUT2D eigenvalue weighted by molar-refractivity contribution is -0.0570. The number of likely N-dealkylation sites (N-methyl/N-ethyl adjacent to an activating group) is 1. The van der Waals surface area contributed by atoms with Crippen LogP contribution >= 0.6 is 0 Å². The zero-order valence-corrected chi connectivity index (χ0v) is 22.7. The first-order valence-electron chi connectivity index (χ1n) is 14.1. The van der Waals surface area contributed by atoms with E-state index in [0.29, 0.717) is 43.2 Å². The summed E-state index contributed by atoms with van der Waals surface area (Å²) in [6, 6.07) is 5.02. The van der Waals surface area contributed by atoms with Crippen LogP contribution in [0.1, 0.15) is 81.8 Å². The number of nitrogens with zero attached hydrogens (tertiary/aromatic N) is 1. The predicted octanol–water partition coefficient (Wildman–Crippen LogP) is 5.12. The summed E-state index contributed by atoms with van der Waals surface area (Å²) in [4.78, 5) is 15.3. The van der Waals surface area contributed by atoms with E-state index in [1.807, 2.05) is 18.0 Å². The highest BCUT2D eigenvalue weighted by Crippen LogP contribution is 2.41. The van der Waals surface area contributed by atoms with Gasteiger partial charge in [-0.1, -0.05) is 44.2 Å². The summed E-state index contributed by atoms with van der Waals surface area (Å²) in [7, 11) is 3.61. The standard InChI is InChI=1S/C29H48FN3O3/c1-22-26(14-9-15-27(22)30)29(35,16-7-8-18-36-3)24-13-10-17-33(21-24)28(34)32-25(20-31-2)19-23-11-5-4-6-12-23/h9,14-15,23-25,31,35H,4-8,10-13,16-21H2,1-3H3,(H,32,34)/t24-,25?,29+/m1/s1. The number of rotatable bonds is 12. The Morgan fingerprint density at radius 1 is 1.22 bits per heavy atom. The normalized spacial score (nSPS) is 21.7. The maximum atomic E-state index is 14.5. The van der Waals surface area contributed by atoms with E-state index < -0.39 is 5.60 Å². The maximum absolute atomic E-state index is 14.5. The summed E-state index contributed by atoms with van der Waals surface area (Å²) < 4.78 is 19.7. The van der Waals surface area contributed by atoms with Crippen LogP contribution in [0.15, 0.2) is 18.2 Å². The van der Waals surface area contributed by atoms with Gasteiger partial charge in [0.2, 0.25) is 0 Å². The lowest BCUT2D eigenvalue weighted by Gasteiger charge is -2.43. The number of amides is 2. The quantitative estimate of drug-likeness (QED) is 0.345. The van der Waals surface area contributed by atoms with E-state index in [0.717, 1.165) is 38.6 Å². The molecule has 0 spiro atoms. The Labute approximate surface area is 217 Å². The molecule has 3 atom stereocenters. The minimum atomic E-state index is -1.19. The van der Waals surface area contributed by atoms with Gasteiger partial charge >= 0.3 is 6.03 Å². The van der Waals surface area contributed by atoms with Crippen LogP contribution in [-0.4, -0.2) is 62.5 Å². The van der Waals surface area contributed by atoms with Crippen molar-refractivity contribution in [3.63, 3.8) is 0 Å². The van der Waals surface area contributed by atoms with Crippen molar-refractivity contribution >= 4 is 6.03 Å². The molecule has 1 saturated heterocycles. The number of piperidine rings is 1. The predicted molar refractivity (Wildman–Crippen MR) is 142 cm³/mol. The van der Waals surface area contributed by atoms with Crippen LogP contribution in [0.25, 0.3) is 0 Å². The van der Waals surface area contributed by atoms with Crippen LogP contribution in [0, 0.1) is 24.6 Å². The van der Waals surface area contributed by atoms with Gasteiger partial charge in [0, 0.05) is 45.3 Å². The largest absolute Gasteiger partial charge is 0.385 e. The molecule has 2 aliphatic rings. The van der Waals surface area contributed by atoms with Crippen LogP contribution in [0.2, 0.25) is 0 Å². The Hall–Kier alpha value is -1.70. The first-order chi connectivity index (χ1) is 17.4. The molecule has 7 heteroatoms. The zero-order valence-electron chi connectivity index (χ0n) is 22.7. The second kappa shape index (κ2) is 14.3. The summed E-state index contributed by atoms with van der Waals surface area (Å²) in [5.41, 5.74) is -0.0434. The number of aliphatic hydroxyl groups is 1. The van der Waals surface area contributed by atoms with Crippen molar-refractivity contribution < 1.29 is 19.0 Å². The van der Waals surface area contributed by atoms with Crippen molar-refractivity contribution in [3.05, 3.63) is 35.1 Å². The lowest BCUT2D eigenvalue weighted by atomic mass is 9.73. The fraction of sp³-hybridized carbons (Fsp3) is 0.759. The molecular weight excluding hydrogens is 457 g/mol. The van der Waals surface area contributed by atoms with Crippen LogP contribution in [-0.2, 0) is 10.3 Å². The number of nitrogens with one attached hydrogen (secondary N) is 2. The van der Waals surface area contributed by atoms with Crippen molar-refractivity contribution in [2.45, 2.75) is 89.2 Å². The van der Waals surface area contributed by atoms with E-state index >= 15 is 0 Å². The highest BCUT2D eigenvalue weighted by Gasteiger charge is 2.42. The summed E-state index contributed by atoms with van der Waals surface area (Å²) >= 11 is 0. The van der Waals surface area contributed by atoms with Crippen molar-refractivity contribution in [3.8, 4) is 0 Å². The highest BCUT2D eigenvalue weighted by atomic mass is 19.1. The molecule has 0 aromatic heterocycles. The van der Waals surface area contributed by atoms with E-state index in [1.165, 1.54) is 38.2 Å². The van der Waals surface area contributed by atoms with Crippen LogP contribution in [0.5, 0.6) is 0 Å². The molecule has 1 unspecified atom stereocenters. The molecule has 0 bridgehead atoms. The maximum Gasteiger partial charge on any atom is 0.317 e. The molecular formula is C29H48FN3O3. The molecule has 0 radical (unpaired) electrons. The van der Waals surface area contributed by atoms with Gasteiger partial charge in [-0.3, -0.25) is 0 Å². The fourth-order valence-corrected chi connectivity index (χ4v) is 6.36. The number of halogens is 1. The second-order valence-corrected chi connectivity index (χ2v) is 11.0. The molecule has 2 amide bonds. The van der Waals surface area contributed by atoms with E-state index in [-0.39, 0.29) is 23.8 Å². The van der Waals surface area contributed by atoms with Crippen molar-refractivity contribution in [2.24, 2.45) is 11.8 Å². The lowest BCUT2D eigenvalue weighted by Crippen LogP contribution is -2.54. The summed E-state index contributed by atoms with van der Waals surface area (Å²) in [5.74, 6) is 0.228. The third-order valence-corrected chi connectivity index (χ3v) is 8.40. The number of urea groups is 1. The van der Waals surface area contributed by atoms with Gasteiger partial charge in [-0.2, -0.15) is 0 Å². The van der Waals surface area contributed by atoms with Gasteiger partial charge in [-0.15, -0.1) is 0 Å². The van der Waals surface area contributed by atoms with Gasteiger partial charge in [0.1, 0.15) is 5.82 Å². The number of carbonyl (C=O) groups excluding carboxylic acids is 1. The third-order valence-electron chi connectivity index (χ3n) is 8.40. The molecule has 1 aliphatic carbocycles. The van der Waals surface area contributed by atoms with Crippen molar-refractivity contribution in [2.75, 3.05) is 40.4 Å². The van der Waals surface area contributed by atoms with Gasteiger partial charge in [-0.05, 0) is 75.6 Å². The van der Waals surface area contributed by atoms with Gasteiger partial charge in [0.25, 0.3) is 0 Å². The minimum absolute atomic E-state index is 0.0477. The third kappa shape index (κ3) is 7.65. The number of carbonyl (C=O) groups is 1. The van der Waals surface area contributed by atoms with Crippen LogP contribution < -0.4 is 10.6 Å². The average Bonchev–Trinajstić information content (AvgIpc) is 2.89.